The molecule has 0 aliphatic rings. The summed E-state index contributed by atoms with van der Waals surface area (Å²) in [6.45, 7) is 0. The highest BCUT2D eigenvalue weighted by Gasteiger charge is 2.29. The van der Waals surface area contributed by atoms with Crippen molar-refractivity contribution < 1.29 is 12.8 Å². The molecule has 26 heavy (non-hydrogen) atoms. The molecule has 3 aromatic rings. The molecule has 1 atom stereocenters. The van der Waals surface area contributed by atoms with Gasteiger partial charge in [-0.1, -0.05) is 65.0 Å². The van der Waals surface area contributed by atoms with Crippen LogP contribution in [0.2, 0.25) is 5.02 Å². The largest absolute Gasteiger partial charge is 0.228 e. The summed E-state index contributed by atoms with van der Waals surface area (Å²) in [6.07, 6.45) is 0. The van der Waals surface area contributed by atoms with Crippen LogP contribution in [0.4, 0.5) is 4.39 Å². The SMILES string of the molecule is NS(=O)(=O)C(c1ccc(Cl)cc1)c1nnc(SCc2ccccc2F)s1. The van der Waals surface area contributed by atoms with Gasteiger partial charge in [0.15, 0.2) is 9.59 Å². The average molecular weight is 430 g/mol. The molecule has 10 heteroatoms. The summed E-state index contributed by atoms with van der Waals surface area (Å²) in [4.78, 5) is 0. The van der Waals surface area contributed by atoms with Crippen LogP contribution >= 0.6 is 34.7 Å². The van der Waals surface area contributed by atoms with Crippen molar-refractivity contribution in [2.45, 2.75) is 15.3 Å². The van der Waals surface area contributed by atoms with Crippen LogP contribution in [0.25, 0.3) is 0 Å². The molecular weight excluding hydrogens is 417 g/mol. The number of primary sulfonamides is 1. The highest BCUT2D eigenvalue weighted by molar-refractivity contribution is 8.00. The van der Waals surface area contributed by atoms with Gasteiger partial charge in [0.25, 0.3) is 0 Å². The quantitative estimate of drug-likeness (QED) is 0.598. The van der Waals surface area contributed by atoms with Gasteiger partial charge < -0.3 is 0 Å². The van der Waals surface area contributed by atoms with Crippen LogP contribution in [0, 0.1) is 5.82 Å². The Balaban J connectivity index is 1.83. The predicted molar refractivity (Wildman–Crippen MR) is 102 cm³/mol. The summed E-state index contributed by atoms with van der Waals surface area (Å²) in [6, 6.07) is 12.8. The first kappa shape index (κ1) is 19.2. The maximum Gasteiger partial charge on any atom is 0.222 e. The zero-order valence-electron chi connectivity index (χ0n) is 13.2. The van der Waals surface area contributed by atoms with Crippen LogP contribution in [-0.2, 0) is 15.8 Å². The maximum atomic E-state index is 13.7. The van der Waals surface area contributed by atoms with Crippen molar-refractivity contribution in [1.82, 2.24) is 10.2 Å². The number of sulfonamides is 1. The summed E-state index contributed by atoms with van der Waals surface area (Å²) >= 11 is 8.25. The van der Waals surface area contributed by atoms with Gasteiger partial charge in [-0.05, 0) is 29.3 Å². The number of hydrogen-bond acceptors (Lipinski definition) is 6. The Morgan fingerprint density at radius 3 is 2.50 bits per heavy atom. The molecule has 1 aromatic heterocycles. The second-order valence-corrected chi connectivity index (χ2v) is 9.62. The van der Waals surface area contributed by atoms with E-state index in [0.717, 1.165) is 11.3 Å². The number of halogens is 2. The van der Waals surface area contributed by atoms with E-state index in [-0.39, 0.29) is 10.8 Å². The molecule has 1 unspecified atom stereocenters. The van der Waals surface area contributed by atoms with Crippen molar-refractivity contribution in [2.24, 2.45) is 5.14 Å². The molecule has 2 N–H and O–H groups in total. The molecule has 0 saturated carbocycles. The lowest BCUT2D eigenvalue weighted by molar-refractivity contribution is 0.590. The number of nitrogens with two attached hydrogens (primary N) is 1. The van der Waals surface area contributed by atoms with Crippen LogP contribution in [0.3, 0.4) is 0 Å². The topological polar surface area (TPSA) is 85.9 Å². The first-order valence-corrected chi connectivity index (χ1v) is 11.1. The number of aromatic nitrogens is 2. The third-order valence-corrected chi connectivity index (χ3v) is 7.18. The van der Waals surface area contributed by atoms with Crippen LogP contribution in [0.5, 0.6) is 0 Å². The fraction of sp³-hybridized carbons (Fsp3) is 0.125. The van der Waals surface area contributed by atoms with Gasteiger partial charge in [0, 0.05) is 10.8 Å². The number of benzene rings is 2. The molecule has 136 valence electrons. The zero-order valence-corrected chi connectivity index (χ0v) is 16.4. The number of thioether (sulfide) groups is 1. The Labute approximate surface area is 163 Å². The molecule has 0 aliphatic heterocycles. The molecule has 0 spiro atoms. The first-order chi connectivity index (χ1) is 12.3. The van der Waals surface area contributed by atoms with Gasteiger partial charge >= 0.3 is 0 Å². The first-order valence-electron chi connectivity index (χ1n) is 7.31. The monoisotopic (exact) mass is 429 g/mol. The summed E-state index contributed by atoms with van der Waals surface area (Å²) in [7, 11) is -3.95. The molecule has 2 aromatic carbocycles. The van der Waals surface area contributed by atoms with E-state index in [9.17, 15) is 12.8 Å². The van der Waals surface area contributed by atoms with Crippen molar-refractivity contribution in [1.29, 1.82) is 0 Å². The number of hydrogen-bond donors (Lipinski definition) is 1. The molecule has 1 heterocycles. The van der Waals surface area contributed by atoms with Gasteiger partial charge in [-0.25, -0.2) is 17.9 Å². The highest BCUT2D eigenvalue weighted by atomic mass is 35.5. The average Bonchev–Trinajstić information content (AvgIpc) is 3.03. The van der Waals surface area contributed by atoms with Gasteiger partial charge in [0.1, 0.15) is 10.8 Å². The Hall–Kier alpha value is -1.52. The van der Waals surface area contributed by atoms with Crippen molar-refractivity contribution in [3.63, 3.8) is 0 Å². The van der Waals surface area contributed by atoms with E-state index in [4.69, 9.17) is 16.7 Å². The molecule has 0 saturated heterocycles. The van der Waals surface area contributed by atoms with E-state index in [1.165, 1.54) is 17.8 Å². The van der Waals surface area contributed by atoms with E-state index < -0.39 is 15.3 Å². The molecule has 3 rings (SSSR count). The van der Waals surface area contributed by atoms with Gasteiger partial charge in [0.2, 0.25) is 10.0 Å². The van der Waals surface area contributed by atoms with E-state index in [1.54, 1.807) is 42.5 Å². The van der Waals surface area contributed by atoms with Crippen LogP contribution in [0.1, 0.15) is 21.4 Å². The highest BCUT2D eigenvalue weighted by Crippen LogP contribution is 2.35. The third kappa shape index (κ3) is 4.60. The summed E-state index contributed by atoms with van der Waals surface area (Å²) in [5.74, 6) is 0.0655. The van der Waals surface area contributed by atoms with Crippen LogP contribution < -0.4 is 5.14 Å². The second kappa shape index (κ2) is 8.01. The second-order valence-electron chi connectivity index (χ2n) is 5.31. The summed E-state index contributed by atoms with van der Waals surface area (Å²) in [5, 5.41) is 13.0. The molecule has 0 fully saturated rings. The molecular formula is C16H13ClFN3O2S3. The Bertz CT molecular complexity index is 1010. The maximum absolute atomic E-state index is 13.7. The van der Waals surface area contributed by atoms with E-state index in [0.29, 0.717) is 26.2 Å². The third-order valence-electron chi connectivity index (χ3n) is 3.46. The standard InChI is InChI=1S/C16H13ClFN3O2S3/c17-12-7-5-10(6-8-12)14(26(19,22)23)15-20-21-16(25-15)24-9-11-3-1-2-4-13(11)18/h1-8,14H,9H2,(H2,19,22,23). The Morgan fingerprint density at radius 2 is 1.85 bits per heavy atom. The van der Waals surface area contributed by atoms with E-state index in [2.05, 4.69) is 10.2 Å². The molecule has 0 bridgehead atoms. The lowest BCUT2D eigenvalue weighted by atomic mass is 10.1. The smallest absolute Gasteiger partial charge is 0.222 e. The van der Waals surface area contributed by atoms with Crippen LogP contribution in [-0.4, -0.2) is 18.6 Å². The minimum absolute atomic E-state index is 0.255. The van der Waals surface area contributed by atoms with Gasteiger partial charge in [-0.3, -0.25) is 0 Å². The van der Waals surface area contributed by atoms with Crippen molar-refractivity contribution in [3.8, 4) is 0 Å². The van der Waals surface area contributed by atoms with Gasteiger partial charge in [0.05, 0.1) is 0 Å². The minimum Gasteiger partial charge on any atom is -0.228 e. The molecule has 0 aliphatic carbocycles. The summed E-state index contributed by atoms with van der Waals surface area (Å²) < 4.78 is 38.4. The van der Waals surface area contributed by atoms with Crippen molar-refractivity contribution in [2.75, 3.05) is 0 Å². The Kier molecular flexibility index (Phi) is 5.93. The Morgan fingerprint density at radius 1 is 1.15 bits per heavy atom. The number of rotatable bonds is 6. The van der Waals surface area contributed by atoms with E-state index >= 15 is 0 Å². The number of nitrogens with zero attached hydrogens (tertiary/aromatic N) is 2. The lowest BCUT2D eigenvalue weighted by Gasteiger charge is -2.11. The summed E-state index contributed by atoms with van der Waals surface area (Å²) in [5.41, 5.74) is 0.994. The predicted octanol–water partition coefficient (Wildman–Crippen LogP) is 4.00. The minimum atomic E-state index is -3.95. The fourth-order valence-corrected chi connectivity index (χ4v) is 5.65. The van der Waals surface area contributed by atoms with Crippen molar-refractivity contribution in [3.05, 3.63) is 75.5 Å². The molecule has 5 nitrogen and oxygen atoms in total. The fourth-order valence-electron chi connectivity index (χ4n) is 2.25. The van der Waals surface area contributed by atoms with Gasteiger partial charge in [-0.15, -0.1) is 10.2 Å². The van der Waals surface area contributed by atoms with E-state index in [1.807, 2.05) is 0 Å². The van der Waals surface area contributed by atoms with Crippen molar-refractivity contribution >= 4 is 44.7 Å². The molecule has 0 amide bonds. The zero-order chi connectivity index (χ0) is 18.7. The van der Waals surface area contributed by atoms with Gasteiger partial charge in [-0.2, -0.15) is 0 Å². The molecule has 0 radical (unpaired) electrons. The van der Waals surface area contributed by atoms with Crippen LogP contribution in [0.15, 0.2) is 52.9 Å². The normalized spacial score (nSPS) is 12.9. The lowest BCUT2D eigenvalue weighted by Crippen LogP contribution is -2.22.